The average molecular weight is 188 g/mol. The first-order valence-corrected chi connectivity index (χ1v) is 4.60. The Morgan fingerprint density at radius 2 is 2.14 bits per heavy atom. The molecule has 0 bridgehead atoms. The van der Waals surface area contributed by atoms with Gasteiger partial charge in [0.15, 0.2) is 0 Å². The van der Waals surface area contributed by atoms with Gasteiger partial charge in [-0.3, -0.25) is 0 Å². The Bertz CT molecular complexity index is 428. The Kier molecular flexibility index (Phi) is 1.76. The zero-order valence-electron chi connectivity index (χ0n) is 8.04. The smallest absolute Gasteiger partial charge is 0.136 e. The van der Waals surface area contributed by atoms with E-state index in [4.69, 9.17) is 11.0 Å². The van der Waals surface area contributed by atoms with Crippen LogP contribution >= 0.6 is 0 Å². The van der Waals surface area contributed by atoms with E-state index in [2.05, 4.69) is 0 Å². The number of hydrogen-bond acceptors (Lipinski definition) is 3. The van der Waals surface area contributed by atoms with E-state index in [1.165, 1.54) is 0 Å². The van der Waals surface area contributed by atoms with Crippen LogP contribution in [0.1, 0.15) is 29.5 Å². The van der Waals surface area contributed by atoms with Gasteiger partial charge >= 0.3 is 0 Å². The lowest BCUT2D eigenvalue weighted by atomic mass is 9.99. The predicted octanol–water partition coefficient (Wildman–Crippen LogP) is 1.52. The monoisotopic (exact) mass is 188 g/mol. The normalized spacial score (nSPS) is 17.5. The standard InChI is InChI=1S/C11H12N2O/c1-7-4-9(11(13)2-3-11)5-8(6-12)10(7)14/h4-5,14H,2-3,13H2,1H3. The summed E-state index contributed by atoms with van der Waals surface area (Å²) in [7, 11) is 0. The summed E-state index contributed by atoms with van der Waals surface area (Å²) in [6.07, 6.45) is 1.92. The number of aromatic hydroxyl groups is 1. The van der Waals surface area contributed by atoms with Gasteiger partial charge in [-0.25, -0.2) is 0 Å². The molecule has 14 heavy (non-hydrogen) atoms. The van der Waals surface area contributed by atoms with Crippen molar-refractivity contribution in [2.45, 2.75) is 25.3 Å². The second kappa shape index (κ2) is 2.73. The zero-order valence-corrected chi connectivity index (χ0v) is 8.04. The number of nitrogens with two attached hydrogens (primary N) is 1. The van der Waals surface area contributed by atoms with Crippen molar-refractivity contribution in [1.29, 1.82) is 5.26 Å². The summed E-state index contributed by atoms with van der Waals surface area (Å²) >= 11 is 0. The molecule has 1 aliphatic rings. The third-order valence-electron chi connectivity index (χ3n) is 2.78. The highest BCUT2D eigenvalue weighted by molar-refractivity contribution is 5.51. The summed E-state index contributed by atoms with van der Waals surface area (Å²) in [6.45, 7) is 1.78. The van der Waals surface area contributed by atoms with Crippen LogP contribution in [0.2, 0.25) is 0 Å². The highest BCUT2D eigenvalue weighted by atomic mass is 16.3. The maximum Gasteiger partial charge on any atom is 0.136 e. The number of rotatable bonds is 1. The van der Waals surface area contributed by atoms with Crippen LogP contribution in [0.4, 0.5) is 0 Å². The molecule has 0 saturated heterocycles. The van der Waals surface area contributed by atoms with Crippen molar-refractivity contribution in [1.82, 2.24) is 0 Å². The summed E-state index contributed by atoms with van der Waals surface area (Å²) < 4.78 is 0. The van der Waals surface area contributed by atoms with Crippen LogP contribution in [0, 0.1) is 18.3 Å². The molecule has 0 spiro atoms. The second-order valence-corrected chi connectivity index (χ2v) is 3.96. The van der Waals surface area contributed by atoms with Gasteiger partial charge < -0.3 is 10.8 Å². The lowest BCUT2D eigenvalue weighted by molar-refractivity contribution is 0.468. The zero-order chi connectivity index (χ0) is 10.3. The quantitative estimate of drug-likeness (QED) is 0.702. The van der Waals surface area contributed by atoms with Gasteiger partial charge in [-0.05, 0) is 37.0 Å². The number of hydrogen-bond donors (Lipinski definition) is 2. The Hall–Kier alpha value is -1.53. The molecular weight excluding hydrogens is 176 g/mol. The fourth-order valence-corrected chi connectivity index (χ4v) is 1.58. The van der Waals surface area contributed by atoms with Crippen molar-refractivity contribution in [3.63, 3.8) is 0 Å². The molecule has 3 N–H and O–H groups in total. The molecule has 0 unspecified atom stereocenters. The second-order valence-electron chi connectivity index (χ2n) is 3.96. The fraction of sp³-hybridized carbons (Fsp3) is 0.364. The van der Waals surface area contributed by atoms with Crippen molar-refractivity contribution in [3.8, 4) is 11.8 Å². The molecule has 0 aliphatic heterocycles. The highest BCUT2D eigenvalue weighted by Crippen LogP contribution is 2.44. The van der Waals surface area contributed by atoms with E-state index in [1.807, 2.05) is 12.1 Å². The van der Waals surface area contributed by atoms with Gasteiger partial charge in [-0.2, -0.15) is 5.26 Å². The third kappa shape index (κ3) is 1.24. The van der Waals surface area contributed by atoms with Crippen LogP contribution < -0.4 is 5.73 Å². The molecular formula is C11H12N2O. The Balaban J connectivity index is 2.56. The van der Waals surface area contributed by atoms with Gasteiger partial charge in [-0.15, -0.1) is 0 Å². The molecule has 0 radical (unpaired) electrons. The number of phenolic OH excluding ortho intramolecular Hbond substituents is 1. The number of benzene rings is 1. The van der Waals surface area contributed by atoms with Gasteiger partial charge in [0.2, 0.25) is 0 Å². The number of aryl methyl sites for hydroxylation is 1. The van der Waals surface area contributed by atoms with Crippen LogP contribution in [0.25, 0.3) is 0 Å². The SMILES string of the molecule is Cc1cc(C2(N)CC2)cc(C#N)c1O. The largest absolute Gasteiger partial charge is 0.506 e. The van der Waals surface area contributed by atoms with Gasteiger partial charge in [-0.1, -0.05) is 6.07 Å². The molecule has 1 fully saturated rings. The van der Waals surface area contributed by atoms with Gasteiger partial charge in [0.1, 0.15) is 11.8 Å². The molecule has 3 heteroatoms. The van der Waals surface area contributed by atoms with Crippen LogP contribution in [0.15, 0.2) is 12.1 Å². The molecule has 3 nitrogen and oxygen atoms in total. The maximum absolute atomic E-state index is 9.54. The van der Waals surface area contributed by atoms with Gasteiger partial charge in [0, 0.05) is 5.54 Å². The Morgan fingerprint density at radius 1 is 1.50 bits per heavy atom. The van der Waals surface area contributed by atoms with E-state index in [0.717, 1.165) is 24.0 Å². The van der Waals surface area contributed by atoms with E-state index < -0.39 is 0 Å². The molecule has 0 aromatic heterocycles. The molecule has 0 heterocycles. The van der Waals surface area contributed by atoms with Crippen molar-refractivity contribution in [2.75, 3.05) is 0 Å². The van der Waals surface area contributed by atoms with Crippen molar-refractivity contribution in [2.24, 2.45) is 5.73 Å². The minimum Gasteiger partial charge on any atom is -0.506 e. The molecule has 1 aromatic carbocycles. The molecule has 0 amide bonds. The van der Waals surface area contributed by atoms with Crippen LogP contribution in [0.3, 0.4) is 0 Å². The van der Waals surface area contributed by atoms with Crippen LogP contribution in [0.5, 0.6) is 5.75 Å². The first-order valence-electron chi connectivity index (χ1n) is 4.60. The van der Waals surface area contributed by atoms with Crippen molar-refractivity contribution in [3.05, 3.63) is 28.8 Å². The van der Waals surface area contributed by atoms with E-state index in [9.17, 15) is 5.11 Å². The fourth-order valence-electron chi connectivity index (χ4n) is 1.58. The first-order chi connectivity index (χ1) is 6.57. The number of nitriles is 1. The van der Waals surface area contributed by atoms with E-state index in [-0.39, 0.29) is 11.3 Å². The molecule has 2 rings (SSSR count). The minimum atomic E-state index is -0.246. The van der Waals surface area contributed by atoms with Gasteiger partial charge in [0.05, 0.1) is 5.56 Å². The molecule has 72 valence electrons. The summed E-state index contributed by atoms with van der Waals surface area (Å²) in [5.41, 5.74) is 7.77. The lowest BCUT2D eigenvalue weighted by Crippen LogP contribution is -2.18. The minimum absolute atomic E-state index is 0.0699. The summed E-state index contributed by atoms with van der Waals surface area (Å²) in [5, 5.41) is 18.3. The maximum atomic E-state index is 9.54. The predicted molar refractivity (Wildman–Crippen MR) is 52.7 cm³/mol. The summed E-state index contributed by atoms with van der Waals surface area (Å²) in [6, 6.07) is 5.52. The third-order valence-corrected chi connectivity index (χ3v) is 2.78. The molecule has 1 aliphatic carbocycles. The molecule has 1 aromatic rings. The number of phenols is 1. The average Bonchev–Trinajstić information content (AvgIpc) is 2.89. The van der Waals surface area contributed by atoms with E-state index >= 15 is 0 Å². The van der Waals surface area contributed by atoms with Crippen LogP contribution in [-0.2, 0) is 5.54 Å². The number of nitrogens with zero attached hydrogens (tertiary/aromatic N) is 1. The first kappa shape index (κ1) is 9.04. The molecule has 0 atom stereocenters. The lowest BCUT2D eigenvalue weighted by Gasteiger charge is -2.11. The molecule has 1 saturated carbocycles. The summed E-state index contributed by atoms with van der Waals surface area (Å²) in [5.74, 6) is 0.0699. The van der Waals surface area contributed by atoms with E-state index in [1.54, 1.807) is 13.0 Å². The van der Waals surface area contributed by atoms with Crippen molar-refractivity contribution >= 4 is 0 Å². The van der Waals surface area contributed by atoms with Crippen molar-refractivity contribution < 1.29 is 5.11 Å². The Morgan fingerprint density at radius 3 is 2.64 bits per heavy atom. The van der Waals surface area contributed by atoms with E-state index in [0.29, 0.717) is 5.56 Å². The Labute approximate surface area is 82.8 Å². The topological polar surface area (TPSA) is 70.0 Å². The van der Waals surface area contributed by atoms with Crippen LogP contribution in [-0.4, -0.2) is 5.11 Å². The highest BCUT2D eigenvalue weighted by Gasteiger charge is 2.40. The summed E-state index contributed by atoms with van der Waals surface area (Å²) in [4.78, 5) is 0. The van der Waals surface area contributed by atoms with Gasteiger partial charge in [0.25, 0.3) is 0 Å².